The maximum atomic E-state index is 13.1. The van der Waals surface area contributed by atoms with Crippen molar-refractivity contribution < 1.29 is 27.3 Å². The quantitative estimate of drug-likeness (QED) is 0.577. The fraction of sp³-hybridized carbons (Fsp3) is 0.533. The SMILES string of the molecule is C[S+]([O-])NC(=O)C1=C(c2ccn(CC3CC3)n2)CC(C(F)(F)F)NC1=O. The average Bonchev–Trinajstić information content (AvgIpc) is 3.20. The molecule has 2 amide bonds. The number of amides is 2. The minimum Gasteiger partial charge on any atom is -0.593 e. The van der Waals surface area contributed by atoms with Gasteiger partial charge in [-0.3, -0.25) is 14.3 Å². The second-order valence-electron chi connectivity index (χ2n) is 6.38. The van der Waals surface area contributed by atoms with Gasteiger partial charge in [0.05, 0.1) is 17.1 Å². The maximum Gasteiger partial charge on any atom is 0.408 e. The van der Waals surface area contributed by atoms with Crippen LogP contribution < -0.4 is 10.0 Å². The Labute approximate surface area is 150 Å². The zero-order valence-corrected chi connectivity index (χ0v) is 14.6. The molecule has 142 valence electrons. The van der Waals surface area contributed by atoms with Crippen LogP contribution in [0, 0.1) is 5.92 Å². The topological polar surface area (TPSA) is 99.1 Å². The van der Waals surface area contributed by atoms with Crippen LogP contribution in [0.4, 0.5) is 13.2 Å². The first-order valence-electron chi connectivity index (χ1n) is 7.94. The minimum atomic E-state index is -4.66. The van der Waals surface area contributed by atoms with Gasteiger partial charge in [0.15, 0.2) is 0 Å². The number of hydrogen-bond acceptors (Lipinski definition) is 4. The van der Waals surface area contributed by atoms with Crippen molar-refractivity contribution >= 4 is 28.7 Å². The first-order valence-corrected chi connectivity index (χ1v) is 9.50. The van der Waals surface area contributed by atoms with Crippen molar-refractivity contribution in [2.45, 2.75) is 38.0 Å². The van der Waals surface area contributed by atoms with Crippen molar-refractivity contribution in [1.29, 1.82) is 0 Å². The van der Waals surface area contributed by atoms with Crippen LogP contribution in [0.25, 0.3) is 5.57 Å². The predicted octanol–water partition coefficient (Wildman–Crippen LogP) is 0.907. The highest BCUT2D eigenvalue weighted by Gasteiger charge is 2.46. The summed E-state index contributed by atoms with van der Waals surface area (Å²) in [4.78, 5) is 24.4. The molecule has 0 aromatic carbocycles. The van der Waals surface area contributed by atoms with E-state index in [-0.39, 0.29) is 11.3 Å². The second kappa shape index (κ2) is 6.95. The predicted molar refractivity (Wildman–Crippen MR) is 86.7 cm³/mol. The highest BCUT2D eigenvalue weighted by atomic mass is 32.2. The van der Waals surface area contributed by atoms with E-state index in [1.165, 1.54) is 12.3 Å². The highest BCUT2D eigenvalue weighted by molar-refractivity contribution is 7.89. The molecule has 0 radical (unpaired) electrons. The Morgan fingerprint density at radius 1 is 1.50 bits per heavy atom. The molecule has 1 aromatic rings. The molecule has 7 nitrogen and oxygen atoms in total. The monoisotopic (exact) mass is 390 g/mol. The van der Waals surface area contributed by atoms with Crippen molar-refractivity contribution in [3.63, 3.8) is 0 Å². The molecule has 3 rings (SSSR count). The summed E-state index contributed by atoms with van der Waals surface area (Å²) in [5, 5.41) is 6.03. The van der Waals surface area contributed by atoms with Crippen LogP contribution in [-0.2, 0) is 27.5 Å². The number of aromatic nitrogens is 2. The van der Waals surface area contributed by atoms with Crippen molar-refractivity contribution in [3.8, 4) is 0 Å². The summed E-state index contributed by atoms with van der Waals surface area (Å²) in [7, 11) is 0. The Balaban J connectivity index is 1.97. The van der Waals surface area contributed by atoms with E-state index >= 15 is 0 Å². The van der Waals surface area contributed by atoms with Crippen molar-refractivity contribution in [2.75, 3.05) is 6.26 Å². The summed E-state index contributed by atoms with van der Waals surface area (Å²) in [5.41, 5.74) is -0.451. The number of carbonyl (C=O) groups excluding carboxylic acids is 2. The third-order valence-electron chi connectivity index (χ3n) is 4.19. The Hall–Kier alpha value is -2.01. The van der Waals surface area contributed by atoms with E-state index in [9.17, 15) is 27.3 Å². The lowest BCUT2D eigenvalue weighted by Gasteiger charge is -2.28. The van der Waals surface area contributed by atoms with Gasteiger partial charge < -0.3 is 9.87 Å². The molecule has 0 spiro atoms. The van der Waals surface area contributed by atoms with Gasteiger partial charge in [-0.05, 0) is 24.8 Å². The van der Waals surface area contributed by atoms with E-state index in [4.69, 9.17) is 0 Å². The largest absolute Gasteiger partial charge is 0.593 e. The van der Waals surface area contributed by atoms with Gasteiger partial charge in [0.2, 0.25) is 0 Å². The summed E-state index contributed by atoms with van der Waals surface area (Å²) in [6.45, 7) is 0.642. The Bertz CT molecular complexity index is 756. The lowest BCUT2D eigenvalue weighted by Crippen LogP contribution is -2.51. The molecule has 1 aliphatic carbocycles. The van der Waals surface area contributed by atoms with E-state index in [0.717, 1.165) is 12.8 Å². The number of carbonyl (C=O) groups is 2. The maximum absolute atomic E-state index is 13.1. The van der Waals surface area contributed by atoms with Crippen LogP contribution in [0.1, 0.15) is 25.0 Å². The van der Waals surface area contributed by atoms with Gasteiger partial charge in [0, 0.05) is 24.7 Å². The molecule has 11 heteroatoms. The fourth-order valence-corrected chi connectivity index (χ4v) is 3.13. The first-order chi connectivity index (χ1) is 12.1. The van der Waals surface area contributed by atoms with Gasteiger partial charge in [-0.1, -0.05) is 0 Å². The van der Waals surface area contributed by atoms with Gasteiger partial charge in [0.1, 0.15) is 17.9 Å². The first kappa shape index (κ1) is 18.8. The number of halogens is 3. The summed E-state index contributed by atoms with van der Waals surface area (Å²) in [5.74, 6) is -1.65. The molecular formula is C15H17F3N4O3S. The molecule has 2 aliphatic rings. The molecule has 2 atom stereocenters. The van der Waals surface area contributed by atoms with Gasteiger partial charge in [-0.25, -0.2) is 0 Å². The van der Waals surface area contributed by atoms with Crippen LogP contribution in [0.5, 0.6) is 0 Å². The smallest absolute Gasteiger partial charge is 0.408 e. The van der Waals surface area contributed by atoms with Gasteiger partial charge in [-0.15, -0.1) is 0 Å². The molecule has 2 heterocycles. The molecular weight excluding hydrogens is 373 g/mol. The number of rotatable bonds is 5. The molecule has 2 unspecified atom stereocenters. The van der Waals surface area contributed by atoms with Gasteiger partial charge in [-0.2, -0.15) is 23.0 Å². The fourth-order valence-electron chi connectivity index (χ4n) is 2.77. The summed E-state index contributed by atoms with van der Waals surface area (Å²) in [6.07, 6.45) is -0.328. The van der Waals surface area contributed by atoms with E-state index in [1.54, 1.807) is 16.2 Å². The van der Waals surface area contributed by atoms with Crippen LogP contribution >= 0.6 is 0 Å². The zero-order chi connectivity index (χ0) is 19.1. The Morgan fingerprint density at radius 3 is 2.77 bits per heavy atom. The molecule has 26 heavy (non-hydrogen) atoms. The third kappa shape index (κ3) is 4.21. The lowest BCUT2D eigenvalue weighted by atomic mass is 9.92. The third-order valence-corrected chi connectivity index (χ3v) is 4.67. The normalized spacial score (nSPS) is 22.2. The minimum absolute atomic E-state index is 0.103. The van der Waals surface area contributed by atoms with Crippen LogP contribution in [0.2, 0.25) is 0 Å². The molecule has 1 aliphatic heterocycles. The molecule has 2 N–H and O–H groups in total. The number of hydrogen-bond donors (Lipinski definition) is 2. The molecule has 1 aromatic heterocycles. The second-order valence-corrected chi connectivity index (χ2v) is 7.49. The van der Waals surface area contributed by atoms with E-state index in [2.05, 4.69) is 5.10 Å². The van der Waals surface area contributed by atoms with E-state index in [1.807, 2.05) is 4.72 Å². The van der Waals surface area contributed by atoms with Crippen LogP contribution in [0.15, 0.2) is 17.8 Å². The van der Waals surface area contributed by atoms with Crippen molar-refractivity contribution in [2.24, 2.45) is 5.92 Å². The number of nitrogens with one attached hydrogen (secondary N) is 2. The van der Waals surface area contributed by atoms with E-state index < -0.39 is 47.4 Å². The molecule has 1 fully saturated rings. The standard InChI is InChI=1S/C15H17F3N4O3S/c1-26(25)21-14(24)12-9(6-11(15(16,17)18)19-13(12)23)10-4-5-22(20-10)7-8-2-3-8/h4-5,8,11H,2-3,6-7H2,1H3,(H,19,23)(H,21,24). The molecule has 0 bridgehead atoms. The zero-order valence-electron chi connectivity index (χ0n) is 13.8. The Kier molecular flexibility index (Phi) is 5.02. The van der Waals surface area contributed by atoms with Crippen molar-refractivity contribution in [3.05, 3.63) is 23.5 Å². The molecule has 0 saturated heterocycles. The highest BCUT2D eigenvalue weighted by Crippen LogP contribution is 2.35. The molecule has 1 saturated carbocycles. The Morgan fingerprint density at radius 2 is 2.19 bits per heavy atom. The summed E-state index contributed by atoms with van der Waals surface area (Å²) < 4.78 is 54.2. The average molecular weight is 390 g/mol. The number of alkyl halides is 3. The van der Waals surface area contributed by atoms with Crippen molar-refractivity contribution in [1.82, 2.24) is 19.8 Å². The summed E-state index contributed by atoms with van der Waals surface area (Å²) in [6, 6.07) is -0.623. The number of nitrogens with zero attached hydrogens (tertiary/aromatic N) is 2. The van der Waals surface area contributed by atoms with Crippen LogP contribution in [0.3, 0.4) is 0 Å². The van der Waals surface area contributed by atoms with E-state index in [0.29, 0.717) is 12.5 Å². The summed E-state index contributed by atoms with van der Waals surface area (Å²) >= 11 is -1.77. The van der Waals surface area contributed by atoms with Gasteiger partial charge >= 0.3 is 6.18 Å². The van der Waals surface area contributed by atoms with Crippen LogP contribution in [-0.4, -0.2) is 44.6 Å². The lowest BCUT2D eigenvalue weighted by molar-refractivity contribution is -0.161. The van der Waals surface area contributed by atoms with Gasteiger partial charge in [0.25, 0.3) is 11.8 Å².